The van der Waals surface area contributed by atoms with E-state index in [2.05, 4.69) is 5.10 Å². The Morgan fingerprint density at radius 1 is 1.32 bits per heavy atom. The molecule has 2 N–H and O–H groups in total. The van der Waals surface area contributed by atoms with Crippen molar-refractivity contribution in [2.45, 2.75) is 26.2 Å². The predicted octanol–water partition coefficient (Wildman–Crippen LogP) is 2.48. The molecule has 19 heavy (non-hydrogen) atoms. The number of halogens is 1. The summed E-state index contributed by atoms with van der Waals surface area (Å²) in [6, 6.07) is 7.05. The maximum Gasteiger partial charge on any atom is 0.274 e. The molecular weight excluding hydrogens is 264 g/mol. The standard InChI is InChI=1S/C14H17ClN2O2/c1-9(2)13-12(7-8-18)14(19)17(16-13)11-5-3-10(15)4-6-11/h3-6,9,16,18H,7-8H2,1-2H3. The highest BCUT2D eigenvalue weighted by Crippen LogP contribution is 2.17. The van der Waals surface area contributed by atoms with E-state index in [4.69, 9.17) is 16.7 Å². The summed E-state index contributed by atoms with van der Waals surface area (Å²) in [6.45, 7) is 3.99. The zero-order valence-corrected chi connectivity index (χ0v) is 11.7. The van der Waals surface area contributed by atoms with Crippen LogP contribution in [0, 0.1) is 0 Å². The lowest BCUT2D eigenvalue weighted by atomic mass is 10.0. The lowest BCUT2D eigenvalue weighted by Crippen LogP contribution is -2.18. The van der Waals surface area contributed by atoms with Crippen LogP contribution in [0.15, 0.2) is 29.1 Å². The van der Waals surface area contributed by atoms with Crippen molar-refractivity contribution in [3.63, 3.8) is 0 Å². The number of H-pyrrole nitrogens is 1. The number of aromatic amines is 1. The van der Waals surface area contributed by atoms with Gasteiger partial charge < -0.3 is 5.11 Å². The largest absolute Gasteiger partial charge is 0.396 e. The molecule has 0 saturated carbocycles. The van der Waals surface area contributed by atoms with E-state index >= 15 is 0 Å². The Bertz CT molecular complexity index is 611. The zero-order chi connectivity index (χ0) is 14.0. The maximum absolute atomic E-state index is 12.4. The second kappa shape index (κ2) is 5.63. The normalized spacial score (nSPS) is 11.2. The molecule has 1 heterocycles. The summed E-state index contributed by atoms with van der Waals surface area (Å²) in [5.74, 6) is 0.197. The van der Waals surface area contributed by atoms with E-state index < -0.39 is 0 Å². The molecular formula is C14H17ClN2O2. The van der Waals surface area contributed by atoms with Gasteiger partial charge in [-0.15, -0.1) is 0 Å². The summed E-state index contributed by atoms with van der Waals surface area (Å²) in [4.78, 5) is 12.4. The highest BCUT2D eigenvalue weighted by molar-refractivity contribution is 6.30. The minimum Gasteiger partial charge on any atom is -0.396 e. The van der Waals surface area contributed by atoms with Crippen LogP contribution in [0.4, 0.5) is 0 Å². The predicted molar refractivity (Wildman–Crippen MR) is 76.3 cm³/mol. The summed E-state index contributed by atoms with van der Waals surface area (Å²) in [6.07, 6.45) is 0.365. The quantitative estimate of drug-likeness (QED) is 0.904. The summed E-state index contributed by atoms with van der Waals surface area (Å²) < 4.78 is 1.50. The van der Waals surface area contributed by atoms with Crippen LogP contribution in [0.1, 0.15) is 31.0 Å². The van der Waals surface area contributed by atoms with Gasteiger partial charge in [0.1, 0.15) is 0 Å². The maximum atomic E-state index is 12.4. The van der Waals surface area contributed by atoms with Gasteiger partial charge in [0.15, 0.2) is 0 Å². The molecule has 5 heteroatoms. The van der Waals surface area contributed by atoms with Crippen LogP contribution in [0.2, 0.25) is 5.02 Å². The van der Waals surface area contributed by atoms with Gasteiger partial charge in [-0.25, -0.2) is 4.68 Å². The van der Waals surface area contributed by atoms with Crippen molar-refractivity contribution in [2.75, 3.05) is 6.61 Å². The molecule has 2 rings (SSSR count). The van der Waals surface area contributed by atoms with Crippen LogP contribution < -0.4 is 5.56 Å². The molecule has 0 bridgehead atoms. The van der Waals surface area contributed by atoms with Gasteiger partial charge in [-0.2, -0.15) is 0 Å². The molecule has 0 aliphatic heterocycles. The van der Waals surface area contributed by atoms with E-state index in [1.165, 1.54) is 4.68 Å². The van der Waals surface area contributed by atoms with Gasteiger partial charge in [-0.3, -0.25) is 9.89 Å². The average molecular weight is 281 g/mol. The van der Waals surface area contributed by atoms with Crippen molar-refractivity contribution in [2.24, 2.45) is 0 Å². The topological polar surface area (TPSA) is 58.0 Å². The van der Waals surface area contributed by atoms with Crippen LogP contribution in [-0.2, 0) is 6.42 Å². The van der Waals surface area contributed by atoms with Crippen molar-refractivity contribution in [3.8, 4) is 5.69 Å². The van der Waals surface area contributed by atoms with Crippen LogP contribution in [0.5, 0.6) is 0 Å². The van der Waals surface area contributed by atoms with Crippen molar-refractivity contribution in [3.05, 3.63) is 50.9 Å². The molecule has 0 amide bonds. The summed E-state index contributed by atoms with van der Waals surface area (Å²) >= 11 is 5.84. The lowest BCUT2D eigenvalue weighted by Gasteiger charge is -2.04. The first kappa shape index (κ1) is 13.9. The van der Waals surface area contributed by atoms with E-state index in [9.17, 15) is 4.79 Å². The molecule has 0 aliphatic rings. The SMILES string of the molecule is CC(C)c1[nH]n(-c2ccc(Cl)cc2)c(=O)c1CCO. The first-order valence-corrected chi connectivity index (χ1v) is 6.63. The Morgan fingerprint density at radius 2 is 1.95 bits per heavy atom. The molecule has 2 aromatic rings. The van der Waals surface area contributed by atoms with E-state index in [-0.39, 0.29) is 18.1 Å². The van der Waals surface area contributed by atoms with Crippen LogP contribution in [0.3, 0.4) is 0 Å². The molecule has 4 nitrogen and oxygen atoms in total. The van der Waals surface area contributed by atoms with Gasteiger partial charge in [0, 0.05) is 29.3 Å². The van der Waals surface area contributed by atoms with Gasteiger partial charge in [-0.1, -0.05) is 25.4 Å². The van der Waals surface area contributed by atoms with Gasteiger partial charge in [-0.05, 0) is 30.2 Å². The third kappa shape index (κ3) is 2.74. The summed E-state index contributed by atoms with van der Waals surface area (Å²) in [5.41, 5.74) is 2.14. The second-order valence-electron chi connectivity index (χ2n) is 4.75. The number of hydrogen-bond donors (Lipinski definition) is 2. The fraction of sp³-hybridized carbons (Fsp3) is 0.357. The van der Waals surface area contributed by atoms with Crippen LogP contribution >= 0.6 is 11.6 Å². The molecule has 102 valence electrons. The van der Waals surface area contributed by atoms with Gasteiger partial charge in [0.05, 0.1) is 5.69 Å². The highest BCUT2D eigenvalue weighted by Gasteiger charge is 2.16. The fourth-order valence-corrected chi connectivity index (χ4v) is 2.22. The zero-order valence-electron chi connectivity index (χ0n) is 11.0. The molecule has 0 atom stereocenters. The van der Waals surface area contributed by atoms with Crippen molar-refractivity contribution in [1.82, 2.24) is 9.78 Å². The van der Waals surface area contributed by atoms with Crippen LogP contribution in [0.25, 0.3) is 5.69 Å². The average Bonchev–Trinajstić information content (AvgIpc) is 2.69. The number of hydrogen-bond acceptors (Lipinski definition) is 2. The van der Waals surface area contributed by atoms with E-state index in [1.54, 1.807) is 24.3 Å². The summed E-state index contributed by atoms with van der Waals surface area (Å²) in [5, 5.41) is 12.8. The molecule has 0 fully saturated rings. The Hall–Kier alpha value is -1.52. The molecule has 0 spiro atoms. The molecule has 0 aliphatic carbocycles. The smallest absolute Gasteiger partial charge is 0.274 e. The third-order valence-electron chi connectivity index (χ3n) is 3.04. The minimum absolute atomic E-state index is 0.0343. The van der Waals surface area contributed by atoms with E-state index in [0.29, 0.717) is 17.0 Å². The number of nitrogens with zero attached hydrogens (tertiary/aromatic N) is 1. The van der Waals surface area contributed by atoms with Crippen LogP contribution in [-0.4, -0.2) is 21.5 Å². The second-order valence-corrected chi connectivity index (χ2v) is 5.19. The van der Waals surface area contributed by atoms with Crippen molar-refractivity contribution >= 4 is 11.6 Å². The number of aliphatic hydroxyl groups excluding tert-OH is 1. The number of benzene rings is 1. The lowest BCUT2D eigenvalue weighted by molar-refractivity contribution is 0.299. The molecule has 1 aromatic heterocycles. The minimum atomic E-state index is -0.111. The monoisotopic (exact) mass is 280 g/mol. The number of aromatic nitrogens is 2. The molecule has 0 unspecified atom stereocenters. The van der Waals surface area contributed by atoms with Gasteiger partial charge in [0.25, 0.3) is 5.56 Å². The first-order valence-electron chi connectivity index (χ1n) is 6.25. The Labute approximate surface area is 116 Å². The number of nitrogens with one attached hydrogen (secondary N) is 1. The van der Waals surface area contributed by atoms with Crippen molar-refractivity contribution < 1.29 is 5.11 Å². The van der Waals surface area contributed by atoms with E-state index in [0.717, 1.165) is 11.4 Å². The molecule has 1 aromatic carbocycles. The summed E-state index contributed by atoms with van der Waals surface area (Å²) in [7, 11) is 0. The first-order chi connectivity index (χ1) is 9.04. The molecule has 0 saturated heterocycles. The van der Waals surface area contributed by atoms with E-state index in [1.807, 2.05) is 13.8 Å². The van der Waals surface area contributed by atoms with Gasteiger partial charge >= 0.3 is 0 Å². The Kier molecular flexibility index (Phi) is 4.12. The Morgan fingerprint density at radius 3 is 2.47 bits per heavy atom. The number of aliphatic hydroxyl groups is 1. The highest BCUT2D eigenvalue weighted by atomic mass is 35.5. The third-order valence-corrected chi connectivity index (χ3v) is 3.29. The van der Waals surface area contributed by atoms with Crippen molar-refractivity contribution in [1.29, 1.82) is 0 Å². The van der Waals surface area contributed by atoms with Gasteiger partial charge in [0.2, 0.25) is 0 Å². The fourth-order valence-electron chi connectivity index (χ4n) is 2.09. The molecule has 0 radical (unpaired) electrons. The number of rotatable bonds is 4. The Balaban J connectivity index is 2.55.